The molecule has 4 aromatic rings. The minimum absolute atomic E-state index is 0.000153. The normalized spacial score (nSPS) is 10.8. The van der Waals surface area contributed by atoms with E-state index in [9.17, 15) is 14.4 Å². The number of nitrogens with one attached hydrogen (secondary N) is 5. The molecule has 11 heteroatoms. The topological polar surface area (TPSA) is 154 Å². The Hall–Kier alpha value is -4.67. The third-order valence-electron chi connectivity index (χ3n) is 5.34. The highest BCUT2D eigenvalue weighted by Crippen LogP contribution is 2.22. The van der Waals surface area contributed by atoms with Crippen LogP contribution in [0, 0.1) is 13.8 Å². The minimum Gasteiger partial charge on any atom is -0.484 e. The first-order chi connectivity index (χ1) is 17.3. The Labute approximate surface area is 207 Å². The number of carbonyl (C=O) groups excluding carboxylic acids is 3. The van der Waals surface area contributed by atoms with Crippen LogP contribution in [0.3, 0.4) is 0 Å². The van der Waals surface area contributed by atoms with Crippen molar-refractivity contribution in [2.45, 2.75) is 27.2 Å². The molecular weight excluding hydrogens is 462 g/mol. The monoisotopic (exact) mass is 489 g/mol. The van der Waals surface area contributed by atoms with Crippen molar-refractivity contribution in [2.24, 2.45) is 0 Å². The van der Waals surface area contributed by atoms with Crippen LogP contribution in [-0.4, -0.2) is 50.8 Å². The molecule has 3 amide bonds. The largest absolute Gasteiger partial charge is 0.484 e. The first-order valence-corrected chi connectivity index (χ1v) is 11.5. The van der Waals surface area contributed by atoms with Gasteiger partial charge in [0.1, 0.15) is 11.4 Å². The van der Waals surface area contributed by atoms with E-state index in [1.165, 1.54) is 6.33 Å². The molecule has 0 spiro atoms. The number of aromatic amines is 2. The van der Waals surface area contributed by atoms with Crippen LogP contribution in [0.25, 0.3) is 11.0 Å². The van der Waals surface area contributed by atoms with Crippen molar-refractivity contribution in [3.05, 3.63) is 65.2 Å². The molecule has 0 aliphatic carbocycles. The van der Waals surface area contributed by atoms with E-state index in [0.29, 0.717) is 29.0 Å². The molecule has 5 N–H and O–H groups in total. The number of aromatic nitrogens is 4. The lowest BCUT2D eigenvalue weighted by atomic mass is 10.1. The maximum atomic E-state index is 12.9. The highest BCUT2D eigenvalue weighted by molar-refractivity contribution is 6.13. The van der Waals surface area contributed by atoms with Crippen molar-refractivity contribution >= 4 is 40.4 Å². The minimum atomic E-state index is -0.582. The fourth-order valence-electron chi connectivity index (χ4n) is 3.54. The summed E-state index contributed by atoms with van der Waals surface area (Å²) in [4.78, 5) is 51.5. The molecule has 2 aromatic carbocycles. The van der Waals surface area contributed by atoms with Gasteiger partial charge in [0.05, 0.1) is 17.4 Å². The number of hydrogen-bond acceptors (Lipinski definition) is 6. The molecule has 11 nitrogen and oxygen atoms in total. The van der Waals surface area contributed by atoms with Gasteiger partial charge in [0.2, 0.25) is 5.95 Å². The van der Waals surface area contributed by atoms with Gasteiger partial charge in [-0.05, 0) is 44.0 Å². The number of benzene rings is 2. The number of amides is 3. The average molecular weight is 490 g/mol. The van der Waals surface area contributed by atoms with Crippen LogP contribution < -0.4 is 20.7 Å². The van der Waals surface area contributed by atoms with E-state index in [1.807, 2.05) is 32.9 Å². The van der Waals surface area contributed by atoms with Crippen LogP contribution >= 0.6 is 0 Å². The van der Waals surface area contributed by atoms with Gasteiger partial charge in [-0.25, -0.2) is 9.97 Å². The molecule has 0 aliphatic rings. The summed E-state index contributed by atoms with van der Waals surface area (Å²) in [7, 11) is 0. The second-order valence-electron chi connectivity index (χ2n) is 8.26. The zero-order valence-corrected chi connectivity index (χ0v) is 20.2. The zero-order chi connectivity index (χ0) is 25.7. The number of nitrogens with zero attached hydrogens (tertiary/aromatic N) is 2. The van der Waals surface area contributed by atoms with Crippen LogP contribution in [0.15, 0.2) is 42.7 Å². The molecular formula is C25H27N7O4. The van der Waals surface area contributed by atoms with Crippen molar-refractivity contribution in [1.29, 1.82) is 0 Å². The Kier molecular flexibility index (Phi) is 7.28. The summed E-state index contributed by atoms with van der Waals surface area (Å²) in [6.45, 7) is 6.31. The summed E-state index contributed by atoms with van der Waals surface area (Å²) in [5, 5.41) is 8.17. The van der Waals surface area contributed by atoms with Crippen LogP contribution in [0.4, 0.5) is 11.6 Å². The van der Waals surface area contributed by atoms with E-state index in [0.717, 1.165) is 17.5 Å². The molecule has 0 atom stereocenters. The first kappa shape index (κ1) is 24.5. The number of anilines is 2. The first-order valence-electron chi connectivity index (χ1n) is 11.5. The van der Waals surface area contributed by atoms with E-state index in [1.54, 1.807) is 24.3 Å². The Bertz CT molecular complexity index is 1420. The number of hydrogen-bond donors (Lipinski definition) is 5. The van der Waals surface area contributed by atoms with Crippen LogP contribution in [0.5, 0.6) is 5.75 Å². The SMILES string of the molecule is CCCNC(=O)COc1ccc2[nH]c(NC(=O)c3[nH]cnc3C(=O)Nc3ccc(C)cc3C)nc2c1. The van der Waals surface area contributed by atoms with Crippen molar-refractivity contribution in [1.82, 2.24) is 25.3 Å². The molecule has 0 aliphatic heterocycles. The van der Waals surface area contributed by atoms with E-state index in [-0.39, 0.29) is 29.9 Å². The summed E-state index contributed by atoms with van der Waals surface area (Å²) in [5.74, 6) is -0.645. The van der Waals surface area contributed by atoms with Gasteiger partial charge in [0, 0.05) is 18.3 Å². The number of imidazole rings is 2. The average Bonchev–Trinajstić information content (AvgIpc) is 3.49. The van der Waals surface area contributed by atoms with E-state index in [4.69, 9.17) is 4.74 Å². The number of ether oxygens (including phenoxy) is 1. The summed E-state index contributed by atoms with van der Waals surface area (Å²) < 4.78 is 5.52. The molecule has 2 aromatic heterocycles. The number of fused-ring (bicyclic) bond motifs is 1. The van der Waals surface area contributed by atoms with Crippen molar-refractivity contribution in [3.8, 4) is 5.75 Å². The molecule has 36 heavy (non-hydrogen) atoms. The van der Waals surface area contributed by atoms with Gasteiger partial charge in [0.15, 0.2) is 12.3 Å². The van der Waals surface area contributed by atoms with Gasteiger partial charge < -0.3 is 25.3 Å². The lowest BCUT2D eigenvalue weighted by molar-refractivity contribution is -0.123. The number of aryl methyl sites for hydroxylation is 2. The van der Waals surface area contributed by atoms with Crippen LogP contribution in [0.2, 0.25) is 0 Å². The van der Waals surface area contributed by atoms with Gasteiger partial charge in [-0.2, -0.15) is 0 Å². The lowest BCUT2D eigenvalue weighted by Crippen LogP contribution is -2.29. The highest BCUT2D eigenvalue weighted by atomic mass is 16.5. The summed E-state index contributed by atoms with van der Waals surface area (Å²) in [5.41, 5.74) is 3.77. The third kappa shape index (κ3) is 5.69. The maximum absolute atomic E-state index is 12.9. The molecule has 2 heterocycles. The maximum Gasteiger partial charge on any atom is 0.276 e. The van der Waals surface area contributed by atoms with Crippen molar-refractivity contribution in [2.75, 3.05) is 23.8 Å². The number of carbonyl (C=O) groups is 3. The van der Waals surface area contributed by atoms with Crippen LogP contribution in [0.1, 0.15) is 45.4 Å². The van der Waals surface area contributed by atoms with Gasteiger partial charge >= 0.3 is 0 Å². The second-order valence-corrected chi connectivity index (χ2v) is 8.26. The predicted molar refractivity (Wildman–Crippen MR) is 135 cm³/mol. The van der Waals surface area contributed by atoms with Crippen molar-refractivity contribution in [3.63, 3.8) is 0 Å². The van der Waals surface area contributed by atoms with Gasteiger partial charge in [-0.1, -0.05) is 24.6 Å². The predicted octanol–water partition coefficient (Wildman–Crippen LogP) is 3.31. The zero-order valence-electron chi connectivity index (χ0n) is 20.2. The third-order valence-corrected chi connectivity index (χ3v) is 5.34. The van der Waals surface area contributed by atoms with Crippen LogP contribution in [-0.2, 0) is 4.79 Å². The summed E-state index contributed by atoms with van der Waals surface area (Å²) in [6, 6.07) is 10.7. The fraction of sp³-hybridized carbons (Fsp3) is 0.240. The Morgan fingerprint density at radius 2 is 1.86 bits per heavy atom. The molecule has 0 bridgehead atoms. The molecule has 0 saturated heterocycles. The molecule has 0 fully saturated rings. The highest BCUT2D eigenvalue weighted by Gasteiger charge is 2.22. The lowest BCUT2D eigenvalue weighted by Gasteiger charge is -2.09. The smallest absolute Gasteiger partial charge is 0.276 e. The Balaban J connectivity index is 1.43. The summed E-state index contributed by atoms with van der Waals surface area (Å²) in [6.07, 6.45) is 2.13. The number of H-pyrrole nitrogens is 2. The quantitative estimate of drug-likeness (QED) is 0.243. The molecule has 4 rings (SSSR count). The standard InChI is InChI=1S/C25H27N7O4/c1-4-9-26-20(33)12-36-16-6-8-18-19(11-16)31-25(30-18)32-24(35)22-21(27-13-28-22)23(34)29-17-7-5-14(2)10-15(17)3/h5-8,10-11,13H,4,9,12H2,1-3H3,(H,26,33)(H,27,28)(H,29,34)(H2,30,31,32,35). The second kappa shape index (κ2) is 10.7. The summed E-state index contributed by atoms with van der Waals surface area (Å²) >= 11 is 0. The van der Waals surface area contributed by atoms with Crippen molar-refractivity contribution < 1.29 is 19.1 Å². The van der Waals surface area contributed by atoms with E-state index >= 15 is 0 Å². The van der Waals surface area contributed by atoms with E-state index in [2.05, 4.69) is 35.9 Å². The van der Waals surface area contributed by atoms with Gasteiger partial charge in [-0.3, -0.25) is 19.7 Å². The molecule has 0 saturated carbocycles. The Morgan fingerprint density at radius 3 is 2.64 bits per heavy atom. The molecule has 186 valence electrons. The Morgan fingerprint density at radius 1 is 1.03 bits per heavy atom. The fourth-order valence-corrected chi connectivity index (χ4v) is 3.54. The molecule has 0 radical (unpaired) electrons. The molecule has 0 unspecified atom stereocenters. The van der Waals surface area contributed by atoms with E-state index < -0.39 is 11.8 Å². The number of rotatable bonds is 9. The van der Waals surface area contributed by atoms with Gasteiger partial charge in [-0.15, -0.1) is 0 Å². The van der Waals surface area contributed by atoms with Gasteiger partial charge in [0.25, 0.3) is 17.7 Å².